The van der Waals surface area contributed by atoms with E-state index in [-0.39, 0.29) is 10.7 Å². The molecule has 0 N–H and O–H groups in total. The number of imidazole rings is 1. The molecule has 32 heavy (non-hydrogen) atoms. The Bertz CT molecular complexity index is 1410. The van der Waals surface area contributed by atoms with Gasteiger partial charge in [0.2, 0.25) is 0 Å². The van der Waals surface area contributed by atoms with E-state index in [1.165, 1.54) is 6.26 Å². The third-order valence-corrected chi connectivity index (χ3v) is 7.10. The number of hydrogen-bond donors (Lipinski definition) is 0. The Morgan fingerprint density at radius 1 is 1.00 bits per heavy atom. The van der Waals surface area contributed by atoms with Crippen LogP contribution in [0.4, 0.5) is 0 Å². The van der Waals surface area contributed by atoms with Crippen molar-refractivity contribution in [2.24, 2.45) is 0 Å². The number of halogens is 2. The van der Waals surface area contributed by atoms with Gasteiger partial charge in [-0.2, -0.15) is 0 Å². The lowest BCUT2D eigenvalue weighted by atomic mass is 10.1. The fourth-order valence-corrected chi connectivity index (χ4v) is 4.61. The highest BCUT2D eigenvalue weighted by atomic mass is 127. The molecule has 0 aliphatic carbocycles. The summed E-state index contributed by atoms with van der Waals surface area (Å²) in [6.45, 7) is 0. The lowest BCUT2D eigenvalue weighted by Crippen LogP contribution is -1.99. The van der Waals surface area contributed by atoms with Crippen LogP contribution in [0.5, 0.6) is 0 Å². The Labute approximate surface area is 205 Å². The maximum absolute atomic E-state index is 12.3. The van der Waals surface area contributed by atoms with E-state index >= 15 is 0 Å². The summed E-state index contributed by atoms with van der Waals surface area (Å²) in [5, 5.41) is 0.544. The SMILES string of the molecule is CS(=O)(=O)c1cccc(-c2ccc(-n3cc(C(=O)CI)nc3-c3ccccc3Cl)cc2)c1. The van der Waals surface area contributed by atoms with Crippen LogP contribution < -0.4 is 0 Å². The first-order valence-electron chi connectivity index (χ1n) is 9.62. The van der Waals surface area contributed by atoms with Gasteiger partial charge in [-0.1, -0.05) is 70.6 Å². The molecular formula is C24H18ClIN2O3S. The van der Waals surface area contributed by atoms with Gasteiger partial charge in [-0.05, 0) is 47.5 Å². The molecule has 0 saturated heterocycles. The van der Waals surface area contributed by atoms with Crippen LogP contribution in [0, 0.1) is 0 Å². The molecule has 0 fully saturated rings. The van der Waals surface area contributed by atoms with Gasteiger partial charge in [0, 0.05) is 23.7 Å². The Hall–Kier alpha value is -2.49. The highest BCUT2D eigenvalue weighted by molar-refractivity contribution is 14.1. The molecule has 0 aliphatic rings. The lowest BCUT2D eigenvalue weighted by molar-refractivity contribution is 0.102. The quantitative estimate of drug-likeness (QED) is 0.163. The van der Waals surface area contributed by atoms with Crippen molar-refractivity contribution in [1.82, 2.24) is 9.55 Å². The van der Waals surface area contributed by atoms with Gasteiger partial charge in [-0.25, -0.2) is 13.4 Å². The van der Waals surface area contributed by atoms with Crippen molar-refractivity contribution >= 4 is 49.8 Å². The van der Waals surface area contributed by atoms with Gasteiger partial charge in [-0.3, -0.25) is 9.36 Å². The van der Waals surface area contributed by atoms with Crippen molar-refractivity contribution in [3.05, 3.63) is 89.7 Å². The molecule has 1 heterocycles. The summed E-state index contributed by atoms with van der Waals surface area (Å²) in [6, 6.07) is 21.8. The largest absolute Gasteiger partial charge is 0.299 e. The fourth-order valence-electron chi connectivity index (χ4n) is 3.33. The van der Waals surface area contributed by atoms with Crippen LogP contribution in [0.15, 0.2) is 83.9 Å². The van der Waals surface area contributed by atoms with Gasteiger partial charge in [0.25, 0.3) is 0 Å². The van der Waals surface area contributed by atoms with Crippen LogP contribution in [-0.2, 0) is 9.84 Å². The summed E-state index contributed by atoms with van der Waals surface area (Å²) < 4.78 is 25.9. The van der Waals surface area contributed by atoms with Gasteiger partial charge >= 0.3 is 0 Å². The van der Waals surface area contributed by atoms with Crippen LogP contribution in [0.25, 0.3) is 28.2 Å². The second-order valence-corrected chi connectivity index (χ2v) is 10.4. The number of sulfone groups is 1. The molecule has 4 aromatic rings. The Morgan fingerprint density at radius 2 is 1.72 bits per heavy atom. The number of carbonyl (C=O) groups excluding carboxylic acids is 1. The summed E-state index contributed by atoms with van der Waals surface area (Å²) >= 11 is 8.43. The Balaban J connectivity index is 1.79. The van der Waals surface area contributed by atoms with Crippen molar-refractivity contribution in [3.63, 3.8) is 0 Å². The zero-order valence-electron chi connectivity index (χ0n) is 17.0. The van der Waals surface area contributed by atoms with Crippen LogP contribution in [0.1, 0.15) is 10.5 Å². The highest BCUT2D eigenvalue weighted by Crippen LogP contribution is 2.30. The van der Waals surface area contributed by atoms with E-state index < -0.39 is 9.84 Å². The average Bonchev–Trinajstić information content (AvgIpc) is 3.24. The molecule has 0 saturated carbocycles. The molecule has 1 aromatic heterocycles. The standard InChI is InChI=1S/C24H18ClIN2O3S/c1-32(30,31)19-6-4-5-17(13-19)16-9-11-18(12-10-16)28-15-22(23(29)14-26)27-24(28)20-7-2-3-8-21(20)25/h2-13,15H,14H2,1H3. The second-order valence-electron chi connectivity index (χ2n) is 7.20. The molecule has 4 rings (SSSR count). The molecule has 0 aliphatic heterocycles. The van der Waals surface area contributed by atoms with E-state index in [0.29, 0.717) is 21.0 Å². The molecular weight excluding hydrogens is 559 g/mol. The normalized spacial score (nSPS) is 11.5. The number of alkyl halides is 1. The predicted molar refractivity (Wildman–Crippen MR) is 136 cm³/mol. The monoisotopic (exact) mass is 576 g/mol. The van der Waals surface area contributed by atoms with E-state index in [0.717, 1.165) is 22.4 Å². The first-order valence-corrected chi connectivity index (χ1v) is 13.4. The van der Waals surface area contributed by atoms with Crippen molar-refractivity contribution in [2.75, 3.05) is 10.7 Å². The number of carbonyl (C=O) groups is 1. The van der Waals surface area contributed by atoms with Gasteiger partial charge in [0.15, 0.2) is 15.6 Å². The summed E-state index contributed by atoms with van der Waals surface area (Å²) in [5.74, 6) is 0.516. The zero-order chi connectivity index (χ0) is 22.9. The molecule has 3 aromatic carbocycles. The minimum Gasteiger partial charge on any atom is -0.299 e. The number of nitrogens with zero attached hydrogens (tertiary/aromatic N) is 2. The highest BCUT2D eigenvalue weighted by Gasteiger charge is 2.18. The summed E-state index contributed by atoms with van der Waals surface area (Å²) in [5.41, 5.74) is 3.59. The third-order valence-electron chi connectivity index (χ3n) is 4.97. The average molecular weight is 577 g/mol. The maximum Gasteiger partial charge on any atom is 0.192 e. The fraction of sp³-hybridized carbons (Fsp3) is 0.0833. The molecule has 8 heteroatoms. The summed E-state index contributed by atoms with van der Waals surface area (Å²) in [7, 11) is -3.29. The van der Waals surface area contributed by atoms with Crippen LogP contribution >= 0.6 is 34.2 Å². The predicted octanol–water partition coefficient (Wildman–Crippen LogP) is 5.88. The minimum absolute atomic E-state index is 0.0631. The minimum atomic E-state index is -3.29. The van der Waals surface area contributed by atoms with Crippen molar-refractivity contribution in [1.29, 1.82) is 0 Å². The van der Waals surface area contributed by atoms with Crippen molar-refractivity contribution < 1.29 is 13.2 Å². The number of hydrogen-bond acceptors (Lipinski definition) is 4. The molecule has 0 amide bonds. The molecule has 0 spiro atoms. The van der Waals surface area contributed by atoms with E-state index in [1.54, 1.807) is 30.5 Å². The summed E-state index contributed by atoms with van der Waals surface area (Å²) in [6.07, 6.45) is 2.91. The molecule has 0 unspecified atom stereocenters. The molecule has 0 bridgehead atoms. The lowest BCUT2D eigenvalue weighted by Gasteiger charge is -2.10. The van der Waals surface area contributed by atoms with Gasteiger partial charge in [0.05, 0.1) is 14.3 Å². The maximum atomic E-state index is 12.3. The number of aromatic nitrogens is 2. The van der Waals surface area contributed by atoms with Gasteiger partial charge in [-0.15, -0.1) is 0 Å². The van der Waals surface area contributed by atoms with Gasteiger partial charge in [0.1, 0.15) is 11.5 Å². The zero-order valence-corrected chi connectivity index (χ0v) is 20.7. The summed E-state index contributed by atoms with van der Waals surface area (Å²) in [4.78, 5) is 17.2. The van der Waals surface area contributed by atoms with Crippen LogP contribution in [0.3, 0.4) is 0 Å². The van der Waals surface area contributed by atoms with E-state index in [1.807, 2.05) is 75.7 Å². The Kier molecular flexibility index (Phi) is 6.50. The van der Waals surface area contributed by atoms with Crippen LogP contribution in [0.2, 0.25) is 5.02 Å². The first kappa shape index (κ1) is 22.7. The molecule has 5 nitrogen and oxygen atoms in total. The molecule has 162 valence electrons. The number of Topliss-reactive ketones (excluding diaryl/α,β-unsaturated/α-hetero) is 1. The van der Waals surface area contributed by atoms with E-state index in [2.05, 4.69) is 4.98 Å². The van der Waals surface area contributed by atoms with Gasteiger partial charge < -0.3 is 0 Å². The molecule has 0 atom stereocenters. The first-order chi connectivity index (χ1) is 15.3. The van der Waals surface area contributed by atoms with Crippen molar-refractivity contribution in [3.8, 4) is 28.2 Å². The number of benzene rings is 3. The molecule has 0 radical (unpaired) electrons. The second kappa shape index (κ2) is 9.17. The van der Waals surface area contributed by atoms with Crippen LogP contribution in [-0.4, -0.2) is 34.4 Å². The third kappa shape index (κ3) is 4.65. The topological polar surface area (TPSA) is 69.0 Å². The van der Waals surface area contributed by atoms with E-state index in [9.17, 15) is 13.2 Å². The number of ketones is 1. The van der Waals surface area contributed by atoms with E-state index in [4.69, 9.17) is 11.6 Å². The Morgan fingerprint density at radius 3 is 2.38 bits per heavy atom. The smallest absolute Gasteiger partial charge is 0.192 e. The number of rotatable bonds is 6. The van der Waals surface area contributed by atoms with Crippen molar-refractivity contribution in [2.45, 2.75) is 4.90 Å².